The van der Waals surface area contributed by atoms with E-state index in [1.165, 1.54) is 29.7 Å². The molecule has 210 valence electrons. The van der Waals surface area contributed by atoms with Crippen molar-refractivity contribution in [2.45, 2.75) is 56.4 Å². The Kier molecular flexibility index (Phi) is 7.91. The van der Waals surface area contributed by atoms with E-state index >= 15 is 0 Å². The molecule has 1 aromatic rings. The largest absolute Gasteiger partial charge is 0.477 e. The quantitative estimate of drug-likeness (QED) is 0.320. The number of aliphatic carboxylic acids is 1. The Balaban J connectivity index is 1.56. The number of hydrogen-bond acceptors (Lipinski definition) is 7. The molecule has 1 aromatic carbocycles. The molecule has 15 heteroatoms. The van der Waals surface area contributed by atoms with Gasteiger partial charge in [-0.1, -0.05) is 25.1 Å². The van der Waals surface area contributed by atoms with Gasteiger partial charge in [-0.25, -0.2) is 14.7 Å². The number of likely N-dealkylation sites (tertiary alicyclic amines) is 1. The number of carbonyl (C=O) groups excluding carboxylic acids is 1. The van der Waals surface area contributed by atoms with Crippen LogP contribution in [0.2, 0.25) is 0 Å². The molecule has 0 aromatic heterocycles. The number of fused-ring (bicyclic) bond motifs is 1. The van der Waals surface area contributed by atoms with Crippen molar-refractivity contribution >= 4 is 33.8 Å². The number of benzene rings is 1. The summed E-state index contributed by atoms with van der Waals surface area (Å²) in [4.78, 5) is 28.3. The predicted octanol–water partition coefficient (Wildman–Crippen LogP) is 1.33. The average Bonchev–Trinajstić information content (AvgIpc) is 3.27. The number of nitrogens with zero attached hydrogens (tertiary/aromatic N) is 2. The molecular formula is C23H29F3N4O6S2. The van der Waals surface area contributed by atoms with Gasteiger partial charge in [0.2, 0.25) is 5.91 Å². The summed E-state index contributed by atoms with van der Waals surface area (Å²) in [5, 5.41) is 24.8. The lowest BCUT2D eigenvalue weighted by Gasteiger charge is -2.46. The molecule has 0 bridgehead atoms. The van der Waals surface area contributed by atoms with Gasteiger partial charge in [0, 0.05) is 41.7 Å². The molecule has 0 radical (unpaired) electrons. The molecule has 0 aliphatic carbocycles. The number of β-lactam (4-membered cyclic amide) rings is 1. The highest BCUT2D eigenvalue weighted by atomic mass is 32.2. The van der Waals surface area contributed by atoms with Crippen molar-refractivity contribution in [2.24, 2.45) is 17.0 Å². The van der Waals surface area contributed by atoms with Crippen LogP contribution in [0.25, 0.3) is 0 Å². The smallest absolute Gasteiger partial charge is 0.416 e. The fourth-order valence-corrected chi connectivity index (χ4v) is 7.60. The lowest BCUT2D eigenvalue weighted by atomic mass is 9.79. The number of hydrogen-bond donors (Lipinski definition) is 4. The summed E-state index contributed by atoms with van der Waals surface area (Å²) in [6, 6.07) is 3.98. The maximum Gasteiger partial charge on any atom is 0.416 e. The van der Waals surface area contributed by atoms with Crippen molar-refractivity contribution in [3.8, 4) is 0 Å². The second-order valence-corrected chi connectivity index (χ2v) is 12.6. The fraction of sp³-hybridized carbons (Fsp3) is 0.565. The molecule has 10 nitrogen and oxygen atoms in total. The molecule has 0 spiro atoms. The van der Waals surface area contributed by atoms with Gasteiger partial charge >= 0.3 is 12.1 Å². The van der Waals surface area contributed by atoms with Crippen molar-refractivity contribution in [1.82, 2.24) is 14.5 Å². The Bertz CT molecular complexity index is 1260. The van der Waals surface area contributed by atoms with Crippen molar-refractivity contribution < 1.29 is 41.4 Å². The number of nitrogens with two attached hydrogens (primary N) is 1. The zero-order valence-corrected chi connectivity index (χ0v) is 22.2. The molecule has 6 atom stereocenters. The van der Waals surface area contributed by atoms with Crippen LogP contribution < -0.4 is 9.86 Å². The minimum Gasteiger partial charge on any atom is -0.477 e. The van der Waals surface area contributed by atoms with Crippen LogP contribution in [-0.2, 0) is 32.5 Å². The van der Waals surface area contributed by atoms with Crippen molar-refractivity contribution in [3.63, 3.8) is 0 Å². The zero-order chi connectivity index (χ0) is 28.2. The lowest BCUT2D eigenvalue weighted by Crippen LogP contribution is -2.63. The third kappa shape index (κ3) is 5.72. The minimum atomic E-state index is -4.51. The molecule has 3 aliphatic heterocycles. The molecule has 3 aliphatic rings. The van der Waals surface area contributed by atoms with E-state index in [9.17, 15) is 41.4 Å². The summed E-state index contributed by atoms with van der Waals surface area (Å²) in [7, 11) is -4.02. The topological polar surface area (TPSA) is 153 Å². The van der Waals surface area contributed by atoms with E-state index in [0.29, 0.717) is 23.4 Å². The molecule has 2 fully saturated rings. The number of aliphatic hydroxyl groups is 1. The monoisotopic (exact) mass is 578 g/mol. The first kappa shape index (κ1) is 28.8. The Hall–Kier alpha value is -2.17. The maximum absolute atomic E-state index is 13.2. The van der Waals surface area contributed by atoms with E-state index in [1.54, 1.807) is 13.0 Å². The van der Waals surface area contributed by atoms with Gasteiger partial charge < -0.3 is 15.1 Å². The maximum atomic E-state index is 13.2. The number of thioether (sulfide) groups is 1. The van der Waals surface area contributed by atoms with Crippen LogP contribution in [0.1, 0.15) is 31.4 Å². The molecule has 1 amide bonds. The molecule has 2 saturated heterocycles. The number of halogens is 3. The van der Waals surface area contributed by atoms with E-state index in [1.807, 2.05) is 4.90 Å². The summed E-state index contributed by atoms with van der Waals surface area (Å²) in [5.74, 6) is -2.75. The van der Waals surface area contributed by atoms with Crippen LogP contribution in [0.4, 0.5) is 13.2 Å². The normalized spacial score (nSPS) is 29.0. The summed E-state index contributed by atoms with van der Waals surface area (Å²) >= 11 is 1.27. The summed E-state index contributed by atoms with van der Waals surface area (Å²) in [6.07, 6.45) is -5.05. The van der Waals surface area contributed by atoms with Gasteiger partial charge in [0.15, 0.2) is 0 Å². The summed E-state index contributed by atoms with van der Waals surface area (Å²) < 4.78 is 64.9. The lowest BCUT2D eigenvalue weighted by molar-refractivity contribution is -0.163. The Morgan fingerprint density at radius 2 is 2.03 bits per heavy atom. The number of carboxylic acid groups (broad SMARTS) is 1. The van der Waals surface area contributed by atoms with Gasteiger partial charge in [0.1, 0.15) is 5.70 Å². The van der Waals surface area contributed by atoms with Gasteiger partial charge in [-0.05, 0) is 25.0 Å². The Morgan fingerprint density at radius 3 is 2.61 bits per heavy atom. The number of alkyl halides is 3. The van der Waals surface area contributed by atoms with Crippen LogP contribution in [0, 0.1) is 11.8 Å². The first-order chi connectivity index (χ1) is 17.6. The summed E-state index contributed by atoms with van der Waals surface area (Å²) in [6.45, 7) is 3.65. The molecule has 3 heterocycles. The number of carbonyl (C=O) groups is 2. The number of amides is 1. The second-order valence-electron chi connectivity index (χ2n) is 9.92. The van der Waals surface area contributed by atoms with Crippen LogP contribution in [0.3, 0.4) is 0 Å². The SMILES string of the molecule is C[C@@H](O)[C@H]1C(=O)N2C(C(=O)O)=C(S[C@H]3C[C@@H](CNS(N)(=O)=O)N(Cc4cccc(C(F)(F)F)c4)C3)[C@H](C)[C@H]12. The standard InChI is InChI=1S/C23H29F3N4O6S2/c1-11-18-17(12(2)31)21(32)30(18)19(22(33)34)20(11)37-16-7-15(8-28-38(27,35)36)29(10-16)9-13-4-3-5-14(6-13)23(24,25)26/h3-6,11-12,15-18,28,31H,7-10H2,1-2H3,(H,33,34)(H2,27,35,36)/t11-,12-,15+,16+,17-,18-/m1/s1. The van der Waals surface area contributed by atoms with Crippen LogP contribution >= 0.6 is 11.8 Å². The number of rotatable bonds is 9. The number of nitrogens with one attached hydrogen (secondary N) is 1. The molecule has 0 saturated carbocycles. The van der Waals surface area contributed by atoms with Crippen LogP contribution in [0.5, 0.6) is 0 Å². The van der Waals surface area contributed by atoms with Gasteiger partial charge in [-0.15, -0.1) is 11.8 Å². The van der Waals surface area contributed by atoms with Crippen LogP contribution in [0.15, 0.2) is 34.9 Å². The van der Waals surface area contributed by atoms with Crippen molar-refractivity contribution in [3.05, 3.63) is 46.0 Å². The van der Waals surface area contributed by atoms with E-state index in [4.69, 9.17) is 5.14 Å². The van der Waals surface area contributed by atoms with Gasteiger partial charge in [0.05, 0.1) is 23.6 Å². The van der Waals surface area contributed by atoms with Crippen molar-refractivity contribution in [2.75, 3.05) is 13.1 Å². The number of aliphatic hydroxyl groups excluding tert-OH is 1. The highest BCUT2D eigenvalue weighted by Crippen LogP contribution is 2.52. The fourth-order valence-electron chi connectivity index (χ4n) is 5.58. The first-order valence-electron chi connectivity index (χ1n) is 11.9. The van der Waals surface area contributed by atoms with Crippen molar-refractivity contribution in [1.29, 1.82) is 0 Å². The van der Waals surface area contributed by atoms with E-state index in [0.717, 1.165) is 12.1 Å². The second kappa shape index (κ2) is 10.4. The van der Waals surface area contributed by atoms with Gasteiger partial charge in [0.25, 0.3) is 10.2 Å². The van der Waals surface area contributed by atoms with Crippen LogP contribution in [-0.4, -0.2) is 76.8 Å². The molecular weight excluding hydrogens is 549 g/mol. The third-order valence-electron chi connectivity index (χ3n) is 7.25. The zero-order valence-electron chi connectivity index (χ0n) is 20.6. The van der Waals surface area contributed by atoms with Gasteiger partial charge in [-0.3, -0.25) is 9.69 Å². The van der Waals surface area contributed by atoms with E-state index in [2.05, 4.69) is 4.72 Å². The average molecular weight is 579 g/mol. The van der Waals surface area contributed by atoms with Gasteiger partial charge in [-0.2, -0.15) is 21.6 Å². The highest BCUT2D eigenvalue weighted by molar-refractivity contribution is 8.03. The molecule has 0 unspecified atom stereocenters. The first-order valence-corrected chi connectivity index (χ1v) is 14.3. The Morgan fingerprint density at radius 1 is 1.34 bits per heavy atom. The Labute approximate surface area is 222 Å². The predicted molar refractivity (Wildman–Crippen MR) is 132 cm³/mol. The third-order valence-corrected chi connectivity index (χ3v) is 9.32. The molecule has 4 rings (SSSR count). The summed E-state index contributed by atoms with van der Waals surface area (Å²) in [5.41, 5.74) is -0.526. The van der Waals surface area contributed by atoms with E-state index < -0.39 is 57.9 Å². The highest BCUT2D eigenvalue weighted by Gasteiger charge is 2.60. The number of carboxylic acids is 1. The minimum absolute atomic E-state index is 0.0768. The molecule has 5 N–H and O–H groups in total. The van der Waals surface area contributed by atoms with E-state index in [-0.39, 0.29) is 30.0 Å². The molecule has 38 heavy (non-hydrogen) atoms.